The Hall–Kier alpha value is -2.31. The van der Waals surface area contributed by atoms with Crippen molar-refractivity contribution in [1.29, 1.82) is 0 Å². The van der Waals surface area contributed by atoms with Gasteiger partial charge in [0.25, 0.3) is 0 Å². The van der Waals surface area contributed by atoms with Gasteiger partial charge in [-0.15, -0.1) is 0 Å². The van der Waals surface area contributed by atoms with Crippen molar-refractivity contribution in [2.24, 2.45) is 5.84 Å². The van der Waals surface area contributed by atoms with Crippen LogP contribution in [0.25, 0.3) is 0 Å². The van der Waals surface area contributed by atoms with Crippen molar-refractivity contribution < 1.29 is 9.47 Å². The van der Waals surface area contributed by atoms with Crippen molar-refractivity contribution in [2.75, 3.05) is 12.3 Å². The van der Waals surface area contributed by atoms with E-state index in [4.69, 9.17) is 21.1 Å². The average Bonchev–Trinajstić information content (AvgIpc) is 2.52. The van der Waals surface area contributed by atoms with E-state index in [0.29, 0.717) is 18.8 Å². The first-order chi connectivity index (χ1) is 10.3. The number of hydrogen-bond donors (Lipinski definition) is 3. The van der Waals surface area contributed by atoms with E-state index in [1.807, 2.05) is 36.4 Å². The molecule has 5 N–H and O–H groups in total. The lowest BCUT2D eigenvalue weighted by atomic mass is 10.0. The summed E-state index contributed by atoms with van der Waals surface area (Å²) in [5, 5.41) is 0. The molecule has 110 valence electrons. The molecule has 2 atom stereocenters. The number of aromatic nitrogens is 1. The molecule has 2 aromatic rings. The summed E-state index contributed by atoms with van der Waals surface area (Å²) in [6, 6.07) is 11.3. The van der Waals surface area contributed by atoms with Gasteiger partial charge in [-0.25, -0.2) is 4.98 Å². The van der Waals surface area contributed by atoms with E-state index < -0.39 is 0 Å². The Kier molecular flexibility index (Phi) is 3.89. The van der Waals surface area contributed by atoms with Crippen LogP contribution in [0.5, 0.6) is 11.5 Å². The first-order valence-corrected chi connectivity index (χ1v) is 6.81. The highest BCUT2D eigenvalue weighted by atomic mass is 16.6. The van der Waals surface area contributed by atoms with Crippen LogP contribution in [0.15, 0.2) is 42.6 Å². The fourth-order valence-electron chi connectivity index (χ4n) is 2.41. The quantitative estimate of drug-likeness (QED) is 0.570. The number of anilines is 1. The molecule has 1 aliphatic heterocycles. The van der Waals surface area contributed by atoms with Crippen molar-refractivity contribution in [3.8, 4) is 11.5 Å². The number of nitrogens with two attached hydrogens (primary N) is 2. The molecule has 0 bridgehead atoms. The highest BCUT2D eigenvalue weighted by Crippen LogP contribution is 2.31. The van der Waals surface area contributed by atoms with Crippen LogP contribution in [0.2, 0.25) is 0 Å². The second kappa shape index (κ2) is 5.99. The van der Waals surface area contributed by atoms with E-state index in [2.05, 4.69) is 10.4 Å². The van der Waals surface area contributed by atoms with Crippen molar-refractivity contribution >= 4 is 5.82 Å². The minimum Gasteiger partial charge on any atom is -0.486 e. The van der Waals surface area contributed by atoms with Gasteiger partial charge in [0.2, 0.25) is 0 Å². The molecule has 1 aliphatic rings. The number of nitrogen functional groups attached to an aromatic ring is 1. The van der Waals surface area contributed by atoms with Crippen LogP contribution in [-0.4, -0.2) is 23.7 Å². The molecule has 3 rings (SSSR count). The second-order valence-corrected chi connectivity index (χ2v) is 4.98. The van der Waals surface area contributed by atoms with Crippen LogP contribution in [0.3, 0.4) is 0 Å². The molecular weight excluding hydrogens is 268 g/mol. The van der Waals surface area contributed by atoms with Crippen LogP contribution in [0.4, 0.5) is 5.82 Å². The predicted octanol–water partition coefficient (Wildman–Crippen LogP) is 0.878. The molecule has 0 radical (unpaired) electrons. The van der Waals surface area contributed by atoms with Crippen LogP contribution >= 0.6 is 0 Å². The zero-order chi connectivity index (χ0) is 14.7. The number of benzene rings is 1. The molecule has 0 aliphatic carbocycles. The molecule has 1 aromatic carbocycles. The number of hydrogen-bond acceptors (Lipinski definition) is 6. The molecule has 2 unspecified atom stereocenters. The van der Waals surface area contributed by atoms with Gasteiger partial charge in [0.15, 0.2) is 11.5 Å². The molecule has 1 aromatic heterocycles. The number of hydrazine groups is 1. The normalized spacial score (nSPS) is 18.2. The van der Waals surface area contributed by atoms with Gasteiger partial charge in [-0.05, 0) is 36.2 Å². The van der Waals surface area contributed by atoms with Crippen molar-refractivity contribution in [1.82, 2.24) is 10.4 Å². The largest absolute Gasteiger partial charge is 0.486 e. The topological polar surface area (TPSA) is 95.4 Å². The maximum absolute atomic E-state index is 5.97. The van der Waals surface area contributed by atoms with Gasteiger partial charge in [-0.3, -0.25) is 11.3 Å². The summed E-state index contributed by atoms with van der Waals surface area (Å²) in [4.78, 5) is 3.99. The highest BCUT2D eigenvalue weighted by molar-refractivity contribution is 5.41. The monoisotopic (exact) mass is 286 g/mol. The van der Waals surface area contributed by atoms with Crippen molar-refractivity contribution in [3.63, 3.8) is 0 Å². The molecule has 6 nitrogen and oxygen atoms in total. The van der Waals surface area contributed by atoms with E-state index in [1.165, 1.54) is 0 Å². The zero-order valence-corrected chi connectivity index (χ0v) is 11.5. The second-order valence-electron chi connectivity index (χ2n) is 4.98. The van der Waals surface area contributed by atoms with Gasteiger partial charge >= 0.3 is 0 Å². The third-order valence-corrected chi connectivity index (χ3v) is 3.49. The molecule has 0 saturated heterocycles. The molecule has 0 saturated carbocycles. The van der Waals surface area contributed by atoms with E-state index in [9.17, 15) is 0 Å². The first kappa shape index (κ1) is 13.7. The SMILES string of the molecule is NNC(Cc1ccnc(N)c1)C1COc2ccccc2O1. The molecule has 0 spiro atoms. The zero-order valence-electron chi connectivity index (χ0n) is 11.5. The van der Waals surface area contributed by atoms with Gasteiger partial charge < -0.3 is 15.2 Å². The Morgan fingerprint density at radius 3 is 2.86 bits per heavy atom. The molecule has 2 heterocycles. The fourth-order valence-corrected chi connectivity index (χ4v) is 2.41. The van der Waals surface area contributed by atoms with Crippen molar-refractivity contribution in [2.45, 2.75) is 18.6 Å². The summed E-state index contributed by atoms with van der Waals surface area (Å²) in [7, 11) is 0. The summed E-state index contributed by atoms with van der Waals surface area (Å²) in [5.74, 6) is 7.67. The van der Waals surface area contributed by atoms with Gasteiger partial charge in [0.05, 0.1) is 6.04 Å². The molecule has 6 heteroatoms. The number of rotatable bonds is 4. The van der Waals surface area contributed by atoms with Crippen LogP contribution in [0.1, 0.15) is 5.56 Å². The number of pyridine rings is 1. The smallest absolute Gasteiger partial charge is 0.161 e. The fraction of sp³-hybridized carbons (Fsp3) is 0.267. The average molecular weight is 286 g/mol. The Bertz CT molecular complexity index is 620. The summed E-state index contributed by atoms with van der Waals surface area (Å²) in [6.45, 7) is 0.451. The number of fused-ring (bicyclic) bond motifs is 1. The maximum atomic E-state index is 5.97. The summed E-state index contributed by atoms with van der Waals surface area (Å²) in [6.07, 6.45) is 2.20. The lowest BCUT2D eigenvalue weighted by Crippen LogP contribution is -2.51. The number of nitrogens with zero attached hydrogens (tertiary/aromatic N) is 1. The van der Waals surface area contributed by atoms with Gasteiger partial charge in [0, 0.05) is 6.20 Å². The standard InChI is InChI=1S/C15H18N4O2/c16-15-8-10(5-6-18-15)7-11(19-17)14-9-20-12-3-1-2-4-13(12)21-14/h1-6,8,11,14,19H,7,9,17H2,(H2,16,18). The van der Waals surface area contributed by atoms with Crippen LogP contribution < -0.4 is 26.5 Å². The van der Waals surface area contributed by atoms with E-state index in [-0.39, 0.29) is 12.1 Å². The van der Waals surface area contributed by atoms with Crippen molar-refractivity contribution in [3.05, 3.63) is 48.2 Å². The summed E-state index contributed by atoms with van der Waals surface area (Å²) >= 11 is 0. The molecule has 0 fully saturated rings. The molecule has 0 amide bonds. The lowest BCUT2D eigenvalue weighted by molar-refractivity contribution is 0.0620. The Labute approximate surface area is 123 Å². The minimum atomic E-state index is -0.167. The first-order valence-electron chi connectivity index (χ1n) is 6.81. The van der Waals surface area contributed by atoms with Gasteiger partial charge in [0.1, 0.15) is 18.5 Å². The minimum absolute atomic E-state index is 0.0832. The lowest BCUT2D eigenvalue weighted by Gasteiger charge is -2.31. The third-order valence-electron chi connectivity index (χ3n) is 3.49. The van der Waals surface area contributed by atoms with Crippen LogP contribution in [-0.2, 0) is 6.42 Å². The summed E-state index contributed by atoms with van der Waals surface area (Å²) < 4.78 is 11.7. The van der Waals surface area contributed by atoms with Crippen LogP contribution in [0, 0.1) is 0 Å². The Balaban J connectivity index is 1.73. The van der Waals surface area contributed by atoms with E-state index in [1.54, 1.807) is 6.20 Å². The predicted molar refractivity (Wildman–Crippen MR) is 79.8 cm³/mol. The third kappa shape index (κ3) is 3.07. The van der Waals surface area contributed by atoms with E-state index >= 15 is 0 Å². The maximum Gasteiger partial charge on any atom is 0.161 e. The molecular formula is C15H18N4O2. The van der Waals surface area contributed by atoms with E-state index in [0.717, 1.165) is 17.1 Å². The number of para-hydroxylation sites is 2. The van der Waals surface area contributed by atoms with Gasteiger partial charge in [-0.2, -0.15) is 0 Å². The highest BCUT2D eigenvalue weighted by Gasteiger charge is 2.28. The Morgan fingerprint density at radius 1 is 1.29 bits per heavy atom. The number of nitrogens with one attached hydrogen (secondary N) is 1. The van der Waals surface area contributed by atoms with Gasteiger partial charge in [-0.1, -0.05) is 12.1 Å². The number of ether oxygens (including phenoxy) is 2. The Morgan fingerprint density at radius 2 is 2.10 bits per heavy atom. The summed E-state index contributed by atoms with van der Waals surface area (Å²) in [5.41, 5.74) is 9.55. The molecule has 21 heavy (non-hydrogen) atoms.